The van der Waals surface area contributed by atoms with Crippen molar-refractivity contribution >= 4 is 21.4 Å². The van der Waals surface area contributed by atoms with Gasteiger partial charge < -0.3 is 5.32 Å². The van der Waals surface area contributed by atoms with Crippen LogP contribution in [0.2, 0.25) is 0 Å². The lowest BCUT2D eigenvalue weighted by Gasteiger charge is -2.07. The van der Waals surface area contributed by atoms with Crippen LogP contribution in [0.1, 0.15) is 31.2 Å². The summed E-state index contributed by atoms with van der Waals surface area (Å²) in [6, 6.07) is 2.77. The number of thiophene rings is 1. The molecule has 0 unspecified atom stereocenters. The zero-order valence-corrected chi connectivity index (χ0v) is 11.6. The van der Waals surface area contributed by atoms with Crippen LogP contribution in [0.4, 0.5) is 8.78 Å². The molecule has 0 aliphatic rings. The van der Waals surface area contributed by atoms with E-state index in [0.29, 0.717) is 17.3 Å². The lowest BCUT2D eigenvalue weighted by molar-refractivity contribution is 0.591. The molecule has 1 heterocycles. The summed E-state index contributed by atoms with van der Waals surface area (Å²) in [6.07, 6.45) is 0.790. The number of rotatable bonds is 4. The van der Waals surface area contributed by atoms with Crippen molar-refractivity contribution in [2.75, 3.05) is 0 Å². The van der Waals surface area contributed by atoms with Crippen molar-refractivity contribution in [2.45, 2.75) is 39.8 Å². The van der Waals surface area contributed by atoms with Gasteiger partial charge in [-0.25, -0.2) is 8.78 Å². The van der Waals surface area contributed by atoms with E-state index in [4.69, 9.17) is 0 Å². The number of nitrogens with one attached hydrogen (secondary N) is 1. The molecule has 0 saturated carbocycles. The Balaban J connectivity index is 2.50. The van der Waals surface area contributed by atoms with Crippen molar-refractivity contribution < 1.29 is 8.78 Å². The standard InChI is InChI=1S/C14H17F2NS/c1-4-10-11-5-9(15)6-12(16)14(11)18-13(10)7-17-8(2)3/h5-6,8,17H,4,7H2,1-3H3. The molecule has 4 heteroatoms. The van der Waals surface area contributed by atoms with Crippen molar-refractivity contribution in [1.82, 2.24) is 5.32 Å². The van der Waals surface area contributed by atoms with Gasteiger partial charge in [-0.2, -0.15) is 0 Å². The molecule has 98 valence electrons. The van der Waals surface area contributed by atoms with Gasteiger partial charge in [-0.15, -0.1) is 11.3 Å². The summed E-state index contributed by atoms with van der Waals surface area (Å²) >= 11 is 1.42. The van der Waals surface area contributed by atoms with Crippen LogP contribution in [-0.4, -0.2) is 6.04 Å². The molecule has 1 aromatic carbocycles. The average molecular weight is 269 g/mol. The molecular formula is C14H17F2NS. The predicted molar refractivity (Wildman–Crippen MR) is 73.1 cm³/mol. The monoisotopic (exact) mass is 269 g/mol. The Morgan fingerprint density at radius 3 is 2.61 bits per heavy atom. The van der Waals surface area contributed by atoms with Crippen LogP contribution in [0.25, 0.3) is 10.1 Å². The molecule has 0 bridgehead atoms. The van der Waals surface area contributed by atoms with Crippen LogP contribution in [-0.2, 0) is 13.0 Å². The maximum atomic E-state index is 13.7. The molecule has 2 rings (SSSR count). The molecule has 0 aliphatic heterocycles. The van der Waals surface area contributed by atoms with E-state index < -0.39 is 11.6 Å². The normalized spacial score (nSPS) is 11.7. The fourth-order valence-electron chi connectivity index (χ4n) is 2.05. The minimum absolute atomic E-state index is 0.376. The number of benzene rings is 1. The fourth-order valence-corrected chi connectivity index (χ4v) is 3.28. The topological polar surface area (TPSA) is 12.0 Å². The van der Waals surface area contributed by atoms with Crippen LogP contribution in [0, 0.1) is 11.6 Å². The zero-order valence-electron chi connectivity index (χ0n) is 10.8. The summed E-state index contributed by atoms with van der Waals surface area (Å²) in [7, 11) is 0. The van der Waals surface area contributed by atoms with Crippen LogP contribution in [0.5, 0.6) is 0 Å². The zero-order chi connectivity index (χ0) is 13.3. The van der Waals surface area contributed by atoms with Gasteiger partial charge in [0, 0.05) is 28.9 Å². The van der Waals surface area contributed by atoms with E-state index in [-0.39, 0.29) is 0 Å². The highest BCUT2D eigenvalue weighted by atomic mass is 32.1. The summed E-state index contributed by atoms with van der Waals surface area (Å²) < 4.78 is 27.6. The SMILES string of the molecule is CCc1c(CNC(C)C)sc2c(F)cc(F)cc12. The van der Waals surface area contributed by atoms with E-state index in [0.717, 1.165) is 28.3 Å². The van der Waals surface area contributed by atoms with Crippen LogP contribution >= 0.6 is 11.3 Å². The third-order valence-corrected chi connectivity index (χ3v) is 4.18. The van der Waals surface area contributed by atoms with Gasteiger partial charge in [0.25, 0.3) is 0 Å². The fraction of sp³-hybridized carbons (Fsp3) is 0.429. The maximum absolute atomic E-state index is 13.7. The van der Waals surface area contributed by atoms with Crippen LogP contribution in [0.15, 0.2) is 12.1 Å². The highest BCUT2D eigenvalue weighted by Crippen LogP contribution is 2.34. The van der Waals surface area contributed by atoms with Gasteiger partial charge in [0.05, 0.1) is 4.70 Å². The Morgan fingerprint density at radius 1 is 1.28 bits per heavy atom. The van der Waals surface area contributed by atoms with Crippen LogP contribution in [0.3, 0.4) is 0 Å². The molecule has 0 fully saturated rings. The average Bonchev–Trinajstić information content (AvgIpc) is 2.64. The second-order valence-corrected chi connectivity index (χ2v) is 5.76. The predicted octanol–water partition coefficient (Wildman–Crippen LogP) is 4.24. The first-order valence-corrected chi connectivity index (χ1v) is 6.97. The Morgan fingerprint density at radius 2 is 2.00 bits per heavy atom. The van der Waals surface area contributed by atoms with Gasteiger partial charge in [0.2, 0.25) is 0 Å². The van der Waals surface area contributed by atoms with E-state index in [9.17, 15) is 8.78 Å². The Labute approximate surface area is 110 Å². The first-order valence-electron chi connectivity index (χ1n) is 6.15. The summed E-state index contributed by atoms with van der Waals surface area (Å²) in [4.78, 5) is 1.10. The number of aryl methyl sites for hydroxylation is 1. The molecule has 2 aromatic rings. The van der Waals surface area contributed by atoms with Gasteiger partial charge >= 0.3 is 0 Å². The summed E-state index contributed by atoms with van der Waals surface area (Å²) in [5.41, 5.74) is 1.06. The molecule has 0 saturated heterocycles. The molecule has 1 nitrogen and oxygen atoms in total. The van der Waals surface area contributed by atoms with E-state index in [1.54, 1.807) is 0 Å². The lowest BCUT2D eigenvalue weighted by Crippen LogP contribution is -2.21. The Bertz CT molecular complexity index is 560. The molecule has 0 aliphatic carbocycles. The van der Waals surface area contributed by atoms with Gasteiger partial charge in [0.1, 0.15) is 11.6 Å². The quantitative estimate of drug-likeness (QED) is 0.875. The van der Waals surface area contributed by atoms with E-state index in [1.165, 1.54) is 17.4 Å². The van der Waals surface area contributed by atoms with Crippen molar-refractivity contribution in [3.8, 4) is 0 Å². The summed E-state index contributed by atoms with van der Waals surface area (Å²) in [5.74, 6) is -0.962. The number of hydrogen-bond donors (Lipinski definition) is 1. The van der Waals surface area contributed by atoms with Gasteiger partial charge in [0.15, 0.2) is 0 Å². The van der Waals surface area contributed by atoms with E-state index in [2.05, 4.69) is 19.2 Å². The first-order chi connectivity index (χ1) is 8.52. The van der Waals surface area contributed by atoms with Crippen molar-refractivity contribution in [1.29, 1.82) is 0 Å². The molecule has 0 amide bonds. The molecule has 1 N–H and O–H groups in total. The minimum atomic E-state index is -0.504. The van der Waals surface area contributed by atoms with Crippen LogP contribution < -0.4 is 5.32 Å². The third kappa shape index (κ3) is 2.54. The van der Waals surface area contributed by atoms with Crippen molar-refractivity contribution in [3.05, 3.63) is 34.2 Å². The smallest absolute Gasteiger partial charge is 0.143 e. The third-order valence-electron chi connectivity index (χ3n) is 2.92. The minimum Gasteiger partial charge on any atom is -0.310 e. The Hall–Kier alpha value is -1.00. The highest BCUT2D eigenvalue weighted by molar-refractivity contribution is 7.19. The largest absolute Gasteiger partial charge is 0.310 e. The first kappa shape index (κ1) is 13.4. The van der Waals surface area contributed by atoms with Crippen molar-refractivity contribution in [3.63, 3.8) is 0 Å². The summed E-state index contributed by atoms with van der Waals surface area (Å²) in [6.45, 7) is 6.86. The van der Waals surface area contributed by atoms with Gasteiger partial charge in [-0.3, -0.25) is 0 Å². The highest BCUT2D eigenvalue weighted by Gasteiger charge is 2.15. The van der Waals surface area contributed by atoms with E-state index in [1.807, 2.05) is 6.92 Å². The number of halogens is 2. The molecular weight excluding hydrogens is 252 g/mol. The Kier molecular flexibility index (Phi) is 3.97. The lowest BCUT2D eigenvalue weighted by atomic mass is 10.1. The number of fused-ring (bicyclic) bond motifs is 1. The molecule has 0 radical (unpaired) electrons. The molecule has 0 spiro atoms. The number of hydrogen-bond acceptors (Lipinski definition) is 2. The molecule has 18 heavy (non-hydrogen) atoms. The van der Waals surface area contributed by atoms with Crippen molar-refractivity contribution in [2.24, 2.45) is 0 Å². The second kappa shape index (κ2) is 5.33. The van der Waals surface area contributed by atoms with Gasteiger partial charge in [-0.05, 0) is 18.1 Å². The second-order valence-electron chi connectivity index (χ2n) is 4.66. The molecule has 1 aromatic heterocycles. The molecule has 0 atom stereocenters. The van der Waals surface area contributed by atoms with E-state index >= 15 is 0 Å². The van der Waals surface area contributed by atoms with Gasteiger partial charge in [-0.1, -0.05) is 20.8 Å². The summed E-state index contributed by atoms with van der Waals surface area (Å²) in [5, 5.41) is 4.05. The maximum Gasteiger partial charge on any atom is 0.143 e.